The lowest BCUT2D eigenvalue weighted by atomic mass is 9.91. The van der Waals surface area contributed by atoms with Gasteiger partial charge in [-0.2, -0.15) is 0 Å². The lowest BCUT2D eigenvalue weighted by molar-refractivity contribution is -0.164. The van der Waals surface area contributed by atoms with Crippen molar-refractivity contribution in [3.8, 4) is 21.8 Å². The van der Waals surface area contributed by atoms with Crippen LogP contribution in [0.15, 0.2) is 42.6 Å². The van der Waals surface area contributed by atoms with Gasteiger partial charge in [-0.05, 0) is 83.6 Å². The molecule has 1 saturated heterocycles. The number of thiazole rings is 1. The second-order valence-electron chi connectivity index (χ2n) is 11.6. The highest BCUT2D eigenvalue weighted by Gasteiger charge is 2.33. The summed E-state index contributed by atoms with van der Waals surface area (Å²) in [5.74, 6) is 0.259. The van der Waals surface area contributed by atoms with Crippen LogP contribution in [-0.2, 0) is 14.3 Å². The summed E-state index contributed by atoms with van der Waals surface area (Å²) in [7, 11) is 5.60. The number of likely N-dealkylation sites (N-methyl/N-ethyl adjacent to an activating group) is 1. The second kappa shape index (κ2) is 11.6. The molecule has 0 aliphatic carbocycles. The van der Waals surface area contributed by atoms with Crippen molar-refractivity contribution in [2.75, 3.05) is 39.2 Å². The molecular weight excluding hydrogens is 558 g/mol. The number of carbonyl (C=O) groups excluding carboxylic acids is 1. The van der Waals surface area contributed by atoms with E-state index in [4.69, 9.17) is 31.0 Å². The van der Waals surface area contributed by atoms with E-state index in [1.54, 1.807) is 17.5 Å². The molecule has 0 amide bonds. The Hall–Kier alpha value is -3.11. The molecule has 1 aliphatic heterocycles. The third kappa shape index (κ3) is 6.23. The van der Waals surface area contributed by atoms with Crippen LogP contribution in [0.4, 0.5) is 5.95 Å². The van der Waals surface area contributed by atoms with Gasteiger partial charge < -0.3 is 19.3 Å². The zero-order valence-electron chi connectivity index (χ0n) is 24.6. The van der Waals surface area contributed by atoms with E-state index in [0.29, 0.717) is 17.0 Å². The van der Waals surface area contributed by atoms with Crippen LogP contribution in [0, 0.1) is 6.92 Å². The van der Waals surface area contributed by atoms with Crippen molar-refractivity contribution in [2.45, 2.75) is 51.9 Å². The first kappa shape index (κ1) is 29.4. The number of hydrogen-bond acceptors (Lipinski definition) is 9. The number of aryl methyl sites for hydroxylation is 1. The van der Waals surface area contributed by atoms with E-state index in [-0.39, 0.29) is 0 Å². The minimum Gasteiger partial charge on any atom is -0.467 e. The molecule has 0 spiro atoms. The van der Waals surface area contributed by atoms with Crippen LogP contribution < -0.4 is 4.90 Å². The van der Waals surface area contributed by atoms with Gasteiger partial charge in [0.15, 0.2) is 6.10 Å². The Morgan fingerprint density at radius 3 is 2.54 bits per heavy atom. The van der Waals surface area contributed by atoms with E-state index in [0.717, 1.165) is 62.7 Å². The molecule has 0 unspecified atom stereocenters. The van der Waals surface area contributed by atoms with Crippen molar-refractivity contribution in [2.24, 2.45) is 0 Å². The summed E-state index contributed by atoms with van der Waals surface area (Å²) in [5.41, 5.74) is 4.43. The lowest BCUT2D eigenvalue weighted by Crippen LogP contribution is -2.32. The average molecular weight is 594 g/mol. The van der Waals surface area contributed by atoms with Gasteiger partial charge in [0.05, 0.1) is 22.9 Å². The fraction of sp³-hybridized carbons (Fsp3) is 0.419. The molecule has 5 rings (SSSR count). The molecular formula is C31H36ClN5O3S. The van der Waals surface area contributed by atoms with Crippen LogP contribution in [0.5, 0.6) is 0 Å². The van der Waals surface area contributed by atoms with Crippen LogP contribution >= 0.6 is 22.9 Å². The first-order valence-corrected chi connectivity index (χ1v) is 14.8. The van der Waals surface area contributed by atoms with Gasteiger partial charge in [0.2, 0.25) is 5.95 Å². The molecule has 4 aromatic rings. The van der Waals surface area contributed by atoms with E-state index >= 15 is 0 Å². The smallest absolute Gasteiger partial charge is 0.339 e. The second-order valence-corrected chi connectivity index (χ2v) is 13.0. The number of rotatable bonds is 7. The van der Waals surface area contributed by atoms with Gasteiger partial charge in [0, 0.05) is 41.5 Å². The number of benzene rings is 2. The molecule has 41 heavy (non-hydrogen) atoms. The summed E-state index contributed by atoms with van der Waals surface area (Å²) in [6.45, 7) is 9.57. The van der Waals surface area contributed by atoms with Crippen LogP contribution in [-0.4, -0.2) is 71.8 Å². The molecule has 0 saturated carbocycles. The first-order valence-electron chi connectivity index (χ1n) is 13.7. The molecule has 1 fully saturated rings. The number of fused-ring (bicyclic) bond motifs is 1. The van der Waals surface area contributed by atoms with Gasteiger partial charge in [-0.1, -0.05) is 23.7 Å². The first-order chi connectivity index (χ1) is 19.4. The summed E-state index contributed by atoms with van der Waals surface area (Å²) in [5, 5.41) is 1.41. The minimum absolute atomic E-state index is 0.454. The van der Waals surface area contributed by atoms with Gasteiger partial charge in [0.1, 0.15) is 10.7 Å². The normalized spacial score (nSPS) is 16.5. The predicted octanol–water partition coefficient (Wildman–Crippen LogP) is 6.55. The number of hydrogen-bond donors (Lipinski definition) is 0. The fourth-order valence-corrected chi connectivity index (χ4v) is 6.43. The van der Waals surface area contributed by atoms with Crippen molar-refractivity contribution in [3.05, 3.63) is 58.7 Å². The largest absolute Gasteiger partial charge is 0.467 e. The maximum atomic E-state index is 13.2. The standard InChI is InChI=1S/C31H36ClN5O3S/c1-18-16-23-27(41-28(34-23)22-12-14-33-30(35-22)37-15-13-21(17-37)36(5)6)25(19-8-10-20(32)11-9-19)24(18)26(29(38)39-7)40-31(2,3)4/h8-12,14,16,21,26H,13,15,17H2,1-7H3/t21-,26-/m0/s1. The van der Waals surface area contributed by atoms with Gasteiger partial charge in [-0.3, -0.25) is 0 Å². The van der Waals surface area contributed by atoms with Gasteiger partial charge >= 0.3 is 5.97 Å². The van der Waals surface area contributed by atoms with E-state index in [9.17, 15) is 4.79 Å². The number of nitrogens with zero attached hydrogens (tertiary/aromatic N) is 5. The van der Waals surface area contributed by atoms with E-state index < -0.39 is 17.7 Å². The Kier molecular flexibility index (Phi) is 8.34. The SMILES string of the molecule is COC(=O)[C@@H](OC(C)(C)C)c1c(C)cc2nc(-c3ccnc(N4CC[C@H](N(C)C)C4)n3)sc2c1-c1ccc(Cl)cc1. The van der Waals surface area contributed by atoms with E-state index in [1.807, 2.05) is 64.1 Å². The average Bonchev–Trinajstić information content (AvgIpc) is 3.59. The molecule has 8 nitrogen and oxygen atoms in total. The Balaban J connectivity index is 1.67. The number of anilines is 1. The molecule has 1 aliphatic rings. The van der Waals surface area contributed by atoms with Gasteiger partial charge in [-0.25, -0.2) is 19.7 Å². The number of methoxy groups -OCH3 is 1. The molecule has 0 N–H and O–H groups in total. The third-order valence-electron chi connectivity index (χ3n) is 7.25. The van der Waals surface area contributed by atoms with E-state index in [1.165, 1.54) is 7.11 Å². The Morgan fingerprint density at radius 2 is 1.90 bits per heavy atom. The summed E-state index contributed by atoms with van der Waals surface area (Å²) < 4.78 is 12.5. The van der Waals surface area contributed by atoms with Crippen molar-refractivity contribution >= 4 is 45.1 Å². The minimum atomic E-state index is -0.925. The maximum absolute atomic E-state index is 13.2. The zero-order chi connectivity index (χ0) is 29.5. The summed E-state index contributed by atoms with van der Waals surface area (Å²) in [6.07, 6.45) is 1.95. The molecule has 2 aromatic heterocycles. The van der Waals surface area contributed by atoms with Gasteiger partial charge in [-0.15, -0.1) is 11.3 Å². The quantitative estimate of drug-likeness (QED) is 0.223. The molecule has 216 valence electrons. The van der Waals surface area contributed by atoms with Crippen LogP contribution in [0.25, 0.3) is 32.0 Å². The molecule has 0 bridgehead atoms. The highest BCUT2D eigenvalue weighted by molar-refractivity contribution is 7.22. The van der Waals surface area contributed by atoms with Crippen molar-refractivity contribution in [3.63, 3.8) is 0 Å². The highest BCUT2D eigenvalue weighted by atomic mass is 35.5. The number of carbonyl (C=O) groups is 1. The molecule has 2 atom stereocenters. The fourth-order valence-electron chi connectivity index (χ4n) is 5.21. The molecule has 3 heterocycles. The topological polar surface area (TPSA) is 80.7 Å². The Morgan fingerprint density at radius 1 is 1.17 bits per heavy atom. The third-order valence-corrected chi connectivity index (χ3v) is 8.61. The molecule has 0 radical (unpaired) electrons. The summed E-state index contributed by atoms with van der Waals surface area (Å²) in [6, 6.07) is 12.0. The van der Waals surface area contributed by atoms with Crippen molar-refractivity contribution in [1.82, 2.24) is 19.9 Å². The van der Waals surface area contributed by atoms with E-state index in [2.05, 4.69) is 28.9 Å². The zero-order valence-corrected chi connectivity index (χ0v) is 26.1. The lowest BCUT2D eigenvalue weighted by Gasteiger charge is -2.28. The van der Waals surface area contributed by atoms with Gasteiger partial charge in [0.25, 0.3) is 0 Å². The Labute approximate surface area is 250 Å². The molecule has 2 aromatic carbocycles. The van der Waals surface area contributed by atoms with Crippen molar-refractivity contribution in [1.29, 1.82) is 0 Å². The summed E-state index contributed by atoms with van der Waals surface area (Å²) in [4.78, 5) is 32.2. The van der Waals surface area contributed by atoms with Crippen molar-refractivity contribution < 1.29 is 14.3 Å². The Bertz CT molecular complexity index is 1560. The predicted molar refractivity (Wildman–Crippen MR) is 166 cm³/mol. The molecule has 10 heteroatoms. The maximum Gasteiger partial charge on any atom is 0.339 e. The number of aromatic nitrogens is 3. The monoisotopic (exact) mass is 593 g/mol. The van der Waals surface area contributed by atoms with Crippen LogP contribution in [0.1, 0.15) is 44.4 Å². The van der Waals surface area contributed by atoms with Crippen LogP contribution in [0.2, 0.25) is 5.02 Å². The number of esters is 1. The number of ether oxygens (including phenoxy) is 2. The van der Waals surface area contributed by atoms with Crippen LogP contribution in [0.3, 0.4) is 0 Å². The summed E-state index contributed by atoms with van der Waals surface area (Å²) >= 11 is 7.80. The highest BCUT2D eigenvalue weighted by Crippen LogP contribution is 2.44. The number of halogens is 1.